The molecule has 3 heterocycles. The molecule has 7 nitrogen and oxygen atoms in total. The van der Waals surface area contributed by atoms with Crippen LogP contribution in [0.25, 0.3) is 0 Å². The summed E-state index contributed by atoms with van der Waals surface area (Å²) >= 11 is 0. The number of nitrogens with one attached hydrogen (secondary N) is 1. The second-order valence-corrected chi connectivity index (χ2v) is 6.40. The van der Waals surface area contributed by atoms with Gasteiger partial charge in [0.25, 0.3) is 5.91 Å². The van der Waals surface area contributed by atoms with Crippen LogP contribution in [0.5, 0.6) is 0 Å². The molecule has 7 heteroatoms. The minimum absolute atomic E-state index is 0.101. The predicted octanol–water partition coefficient (Wildman–Crippen LogP) is 1.53. The first-order valence-corrected chi connectivity index (χ1v) is 8.31. The van der Waals surface area contributed by atoms with Crippen LogP contribution in [-0.4, -0.2) is 44.8 Å². The lowest BCUT2D eigenvalue weighted by molar-refractivity contribution is 0.0926. The number of nitrogens with zero attached hydrogens (tertiary/aromatic N) is 5. The molecule has 0 radical (unpaired) electrons. The predicted molar refractivity (Wildman–Crippen MR) is 92.2 cm³/mol. The highest BCUT2D eigenvalue weighted by molar-refractivity contribution is 5.93. The van der Waals surface area contributed by atoms with E-state index < -0.39 is 0 Å². The van der Waals surface area contributed by atoms with E-state index >= 15 is 0 Å². The minimum Gasteiger partial charge on any atom is -0.355 e. The largest absolute Gasteiger partial charge is 0.355 e. The van der Waals surface area contributed by atoms with Crippen molar-refractivity contribution in [2.24, 2.45) is 7.05 Å². The highest BCUT2D eigenvalue weighted by Gasteiger charge is 2.24. The summed E-state index contributed by atoms with van der Waals surface area (Å²) in [4.78, 5) is 23.7. The fourth-order valence-electron chi connectivity index (χ4n) is 3.16. The van der Waals surface area contributed by atoms with Gasteiger partial charge in [0, 0.05) is 32.2 Å². The summed E-state index contributed by atoms with van der Waals surface area (Å²) in [5.74, 6) is 0.941. The molecule has 3 rings (SSSR count). The first kappa shape index (κ1) is 16.4. The van der Waals surface area contributed by atoms with Crippen LogP contribution in [0.1, 0.15) is 40.4 Å². The van der Waals surface area contributed by atoms with Gasteiger partial charge in [-0.25, -0.2) is 4.98 Å². The Hall–Kier alpha value is -2.44. The number of piperidine rings is 1. The van der Waals surface area contributed by atoms with Gasteiger partial charge < -0.3 is 10.2 Å². The molecule has 2 aromatic heterocycles. The first-order valence-electron chi connectivity index (χ1n) is 8.31. The number of carbonyl (C=O) groups excluding carboxylic acids is 1. The molecule has 2 aromatic rings. The Kier molecular flexibility index (Phi) is 4.51. The van der Waals surface area contributed by atoms with Gasteiger partial charge in [0.1, 0.15) is 11.5 Å². The molecule has 128 valence electrons. The summed E-state index contributed by atoms with van der Waals surface area (Å²) in [5.41, 5.74) is 2.76. The molecule has 1 amide bonds. The number of rotatable bonds is 3. The third-order valence-corrected chi connectivity index (χ3v) is 4.57. The lowest BCUT2D eigenvalue weighted by Gasteiger charge is -2.34. The van der Waals surface area contributed by atoms with Crippen molar-refractivity contribution in [1.82, 2.24) is 25.1 Å². The van der Waals surface area contributed by atoms with Gasteiger partial charge in [0.05, 0.1) is 23.3 Å². The summed E-state index contributed by atoms with van der Waals surface area (Å²) in [6, 6.07) is 2.10. The van der Waals surface area contributed by atoms with Gasteiger partial charge in [-0.1, -0.05) is 0 Å². The standard InChI is InChI=1S/C17H24N6O/c1-11-12(2)20-16(13(3)19-11)17(24)21-14-6-5-9-23(10-14)15-7-8-18-22(15)4/h7-8,14H,5-6,9-10H2,1-4H3,(H,21,24). The van der Waals surface area contributed by atoms with E-state index in [4.69, 9.17) is 0 Å². The monoisotopic (exact) mass is 328 g/mol. The number of amides is 1. The molecule has 0 aromatic carbocycles. The Morgan fingerprint density at radius 2 is 1.96 bits per heavy atom. The third kappa shape index (κ3) is 3.25. The maximum absolute atomic E-state index is 12.6. The quantitative estimate of drug-likeness (QED) is 0.925. The fourth-order valence-corrected chi connectivity index (χ4v) is 3.16. The van der Waals surface area contributed by atoms with Gasteiger partial charge >= 0.3 is 0 Å². The Balaban J connectivity index is 1.70. The normalized spacial score (nSPS) is 17.8. The van der Waals surface area contributed by atoms with E-state index in [1.807, 2.05) is 38.6 Å². The van der Waals surface area contributed by atoms with Gasteiger partial charge in [-0.2, -0.15) is 5.10 Å². The third-order valence-electron chi connectivity index (χ3n) is 4.57. The Morgan fingerprint density at radius 3 is 2.67 bits per heavy atom. The van der Waals surface area contributed by atoms with Gasteiger partial charge in [-0.3, -0.25) is 14.5 Å². The van der Waals surface area contributed by atoms with Crippen LogP contribution in [0.3, 0.4) is 0 Å². The highest BCUT2D eigenvalue weighted by atomic mass is 16.2. The number of hydrogen-bond acceptors (Lipinski definition) is 5. The zero-order chi connectivity index (χ0) is 17.3. The van der Waals surface area contributed by atoms with Crippen molar-refractivity contribution in [2.75, 3.05) is 18.0 Å². The summed E-state index contributed by atoms with van der Waals surface area (Å²) in [6.07, 6.45) is 3.80. The number of aryl methyl sites for hydroxylation is 4. The van der Waals surface area contributed by atoms with Gasteiger partial charge in [0.15, 0.2) is 0 Å². The minimum atomic E-state index is -0.139. The summed E-state index contributed by atoms with van der Waals surface area (Å²) in [6.45, 7) is 7.38. The average molecular weight is 328 g/mol. The van der Waals surface area contributed by atoms with E-state index in [1.54, 1.807) is 6.20 Å². The van der Waals surface area contributed by atoms with Crippen LogP contribution < -0.4 is 10.2 Å². The topological polar surface area (TPSA) is 75.9 Å². The second-order valence-electron chi connectivity index (χ2n) is 6.40. The van der Waals surface area contributed by atoms with Crippen molar-refractivity contribution in [3.8, 4) is 0 Å². The van der Waals surface area contributed by atoms with E-state index in [0.717, 1.165) is 43.1 Å². The first-order chi connectivity index (χ1) is 11.5. The van der Waals surface area contributed by atoms with E-state index in [2.05, 4.69) is 25.3 Å². The maximum atomic E-state index is 12.6. The van der Waals surface area contributed by atoms with Crippen LogP contribution in [0.4, 0.5) is 5.82 Å². The van der Waals surface area contributed by atoms with Crippen LogP contribution in [0.2, 0.25) is 0 Å². The average Bonchev–Trinajstić information content (AvgIpc) is 2.97. The summed E-state index contributed by atoms with van der Waals surface area (Å²) in [7, 11) is 1.94. The van der Waals surface area contributed by atoms with Gasteiger partial charge in [-0.15, -0.1) is 0 Å². The molecule has 1 aliphatic heterocycles. The molecule has 1 aliphatic rings. The SMILES string of the molecule is Cc1nc(C)c(C(=O)NC2CCCN(c3ccnn3C)C2)nc1C. The van der Waals surface area contributed by atoms with Crippen LogP contribution >= 0.6 is 0 Å². The lowest BCUT2D eigenvalue weighted by atomic mass is 10.1. The smallest absolute Gasteiger partial charge is 0.272 e. The number of aromatic nitrogens is 4. The lowest BCUT2D eigenvalue weighted by Crippen LogP contribution is -2.48. The molecule has 1 N–H and O–H groups in total. The van der Waals surface area contributed by atoms with Gasteiger partial charge in [0.2, 0.25) is 0 Å². The van der Waals surface area contributed by atoms with Crippen molar-refractivity contribution < 1.29 is 4.79 Å². The molecule has 0 aliphatic carbocycles. The van der Waals surface area contributed by atoms with Crippen LogP contribution in [-0.2, 0) is 7.05 Å². The van der Waals surface area contributed by atoms with E-state index in [-0.39, 0.29) is 11.9 Å². The molecule has 0 spiro atoms. The Morgan fingerprint density at radius 1 is 1.21 bits per heavy atom. The van der Waals surface area contributed by atoms with Crippen LogP contribution in [0.15, 0.2) is 12.3 Å². The van der Waals surface area contributed by atoms with Crippen molar-refractivity contribution in [1.29, 1.82) is 0 Å². The zero-order valence-corrected chi connectivity index (χ0v) is 14.7. The summed E-state index contributed by atoms with van der Waals surface area (Å²) in [5, 5.41) is 7.35. The van der Waals surface area contributed by atoms with Crippen LogP contribution in [0, 0.1) is 20.8 Å². The zero-order valence-electron chi connectivity index (χ0n) is 14.7. The van der Waals surface area contributed by atoms with E-state index in [1.165, 1.54) is 0 Å². The molecule has 0 saturated carbocycles. The van der Waals surface area contributed by atoms with Crippen molar-refractivity contribution in [2.45, 2.75) is 39.7 Å². The van der Waals surface area contributed by atoms with Crippen molar-refractivity contribution in [3.05, 3.63) is 35.0 Å². The van der Waals surface area contributed by atoms with Crippen molar-refractivity contribution >= 4 is 11.7 Å². The molecular weight excluding hydrogens is 304 g/mol. The molecule has 1 fully saturated rings. The molecule has 1 unspecified atom stereocenters. The number of carbonyl (C=O) groups is 1. The molecule has 1 atom stereocenters. The van der Waals surface area contributed by atoms with Gasteiger partial charge in [-0.05, 0) is 33.6 Å². The molecule has 0 bridgehead atoms. The van der Waals surface area contributed by atoms with E-state index in [0.29, 0.717) is 11.4 Å². The number of hydrogen-bond donors (Lipinski definition) is 1. The fraction of sp³-hybridized carbons (Fsp3) is 0.529. The molecular formula is C17H24N6O. The van der Waals surface area contributed by atoms with E-state index in [9.17, 15) is 4.79 Å². The number of anilines is 1. The maximum Gasteiger partial charge on any atom is 0.272 e. The Labute approximate surface area is 142 Å². The Bertz CT molecular complexity index is 754. The highest BCUT2D eigenvalue weighted by Crippen LogP contribution is 2.19. The van der Waals surface area contributed by atoms with Crippen molar-refractivity contribution in [3.63, 3.8) is 0 Å². The molecule has 24 heavy (non-hydrogen) atoms. The summed E-state index contributed by atoms with van der Waals surface area (Å²) < 4.78 is 1.86. The second kappa shape index (κ2) is 6.59. The molecule has 1 saturated heterocycles.